The highest BCUT2D eigenvalue weighted by molar-refractivity contribution is 5.36. The van der Waals surface area contributed by atoms with Crippen LogP contribution in [0.2, 0.25) is 0 Å². The molecule has 0 fully saturated rings. The highest BCUT2D eigenvalue weighted by Crippen LogP contribution is 2.17. The molecule has 0 N–H and O–H groups in total. The quantitative estimate of drug-likeness (QED) is 0.469. The molecule has 1 aromatic carbocycles. The Morgan fingerprint density at radius 1 is 1.25 bits per heavy atom. The van der Waals surface area contributed by atoms with E-state index < -0.39 is 0 Å². The molecule has 0 nitrogen and oxygen atoms in total. The first kappa shape index (κ1) is 4.13. The van der Waals surface area contributed by atoms with Gasteiger partial charge in [-0.05, 0) is 24.0 Å². The SMILES string of the molecule is [CH]1Cc2cccc1c2. The highest BCUT2D eigenvalue weighted by atomic mass is 14.1. The van der Waals surface area contributed by atoms with Gasteiger partial charge in [0.15, 0.2) is 0 Å². The van der Waals surface area contributed by atoms with E-state index in [2.05, 4.69) is 30.7 Å². The molecule has 1 aliphatic carbocycles. The van der Waals surface area contributed by atoms with Gasteiger partial charge in [-0.15, -0.1) is 0 Å². The van der Waals surface area contributed by atoms with Crippen molar-refractivity contribution in [2.45, 2.75) is 6.42 Å². The van der Waals surface area contributed by atoms with E-state index in [1.54, 1.807) is 0 Å². The molecule has 1 aliphatic rings. The topological polar surface area (TPSA) is 0 Å². The van der Waals surface area contributed by atoms with Crippen LogP contribution in [0.1, 0.15) is 11.1 Å². The summed E-state index contributed by atoms with van der Waals surface area (Å²) in [7, 11) is 0. The maximum absolute atomic E-state index is 2.25. The summed E-state index contributed by atoms with van der Waals surface area (Å²) in [5, 5.41) is 0. The molecule has 0 spiro atoms. The lowest BCUT2D eigenvalue weighted by atomic mass is 10.2. The van der Waals surface area contributed by atoms with Crippen LogP contribution >= 0.6 is 0 Å². The van der Waals surface area contributed by atoms with Gasteiger partial charge in [0.25, 0.3) is 0 Å². The standard InChI is InChI=1S/C8H7/c1-2-7-4-5-8(3-1)6-7/h1-4,6H,5H2. The van der Waals surface area contributed by atoms with E-state index in [1.807, 2.05) is 0 Å². The number of rotatable bonds is 0. The highest BCUT2D eigenvalue weighted by Gasteiger charge is 2.03. The Morgan fingerprint density at radius 3 is 3.00 bits per heavy atom. The Balaban J connectivity index is 2.66. The molecule has 0 atom stereocenters. The van der Waals surface area contributed by atoms with Gasteiger partial charge >= 0.3 is 0 Å². The van der Waals surface area contributed by atoms with Crippen LogP contribution in [-0.4, -0.2) is 0 Å². The summed E-state index contributed by atoms with van der Waals surface area (Å²) in [6, 6.07) is 8.62. The lowest BCUT2D eigenvalue weighted by molar-refractivity contribution is 1.26. The van der Waals surface area contributed by atoms with Gasteiger partial charge in [0.05, 0.1) is 0 Å². The Morgan fingerprint density at radius 2 is 2.25 bits per heavy atom. The smallest absolute Gasteiger partial charge is 0.00493 e. The van der Waals surface area contributed by atoms with Gasteiger partial charge in [-0.2, -0.15) is 0 Å². The van der Waals surface area contributed by atoms with Crippen molar-refractivity contribution in [3.8, 4) is 0 Å². The van der Waals surface area contributed by atoms with Crippen LogP contribution in [0.15, 0.2) is 24.3 Å². The number of hydrogen-bond acceptors (Lipinski definition) is 0. The largest absolute Gasteiger partial charge is 0.0617 e. The average molecular weight is 103 g/mol. The molecular weight excluding hydrogens is 96.1 g/mol. The summed E-state index contributed by atoms with van der Waals surface area (Å²) in [4.78, 5) is 0. The van der Waals surface area contributed by atoms with E-state index >= 15 is 0 Å². The molecule has 0 heteroatoms. The molecule has 0 aromatic heterocycles. The van der Waals surface area contributed by atoms with Crippen molar-refractivity contribution < 1.29 is 0 Å². The van der Waals surface area contributed by atoms with Crippen LogP contribution in [0, 0.1) is 6.42 Å². The van der Waals surface area contributed by atoms with Crippen LogP contribution in [-0.2, 0) is 6.42 Å². The van der Waals surface area contributed by atoms with Crippen LogP contribution < -0.4 is 0 Å². The first-order valence-electron chi connectivity index (χ1n) is 2.87. The molecule has 0 unspecified atom stereocenters. The molecule has 2 bridgehead atoms. The predicted octanol–water partition coefficient (Wildman–Crippen LogP) is 1.80. The van der Waals surface area contributed by atoms with Crippen LogP contribution in [0.3, 0.4) is 0 Å². The molecule has 0 saturated carbocycles. The minimum Gasteiger partial charge on any atom is -0.0617 e. The fourth-order valence-electron chi connectivity index (χ4n) is 1.08. The van der Waals surface area contributed by atoms with E-state index in [9.17, 15) is 0 Å². The third kappa shape index (κ3) is 0.460. The molecule has 0 aliphatic heterocycles. The first-order chi connectivity index (χ1) is 3.95. The Labute approximate surface area is 49.2 Å². The number of fused-ring (bicyclic) bond motifs is 2. The van der Waals surface area contributed by atoms with Gasteiger partial charge in [0, 0.05) is 0 Å². The molecule has 0 amide bonds. The zero-order chi connectivity index (χ0) is 5.40. The molecule has 1 radical (unpaired) electrons. The maximum atomic E-state index is 2.25. The average Bonchev–Trinajstić information content (AvgIpc) is 2.12. The van der Waals surface area contributed by atoms with Crippen molar-refractivity contribution in [1.82, 2.24) is 0 Å². The summed E-state index contributed by atoms with van der Waals surface area (Å²) in [5.74, 6) is 0. The Bertz CT molecular complexity index is 182. The zero-order valence-electron chi connectivity index (χ0n) is 4.59. The van der Waals surface area contributed by atoms with Gasteiger partial charge in [0.1, 0.15) is 0 Å². The van der Waals surface area contributed by atoms with Crippen molar-refractivity contribution in [2.24, 2.45) is 0 Å². The minimum atomic E-state index is 1.14. The second kappa shape index (κ2) is 1.35. The fraction of sp³-hybridized carbons (Fsp3) is 0.125. The number of benzene rings is 1. The lowest BCUT2D eigenvalue weighted by Crippen LogP contribution is -1.68. The molecule has 0 heterocycles. The first-order valence-corrected chi connectivity index (χ1v) is 2.87. The molecule has 8 heavy (non-hydrogen) atoms. The van der Waals surface area contributed by atoms with E-state index in [-0.39, 0.29) is 0 Å². The molecule has 2 rings (SSSR count). The third-order valence-electron chi connectivity index (χ3n) is 1.52. The van der Waals surface area contributed by atoms with E-state index in [4.69, 9.17) is 0 Å². The van der Waals surface area contributed by atoms with Gasteiger partial charge < -0.3 is 0 Å². The van der Waals surface area contributed by atoms with E-state index in [1.165, 1.54) is 11.1 Å². The van der Waals surface area contributed by atoms with Gasteiger partial charge in [0.2, 0.25) is 0 Å². The predicted molar refractivity (Wildman–Crippen MR) is 33.5 cm³/mol. The number of hydrogen-bond donors (Lipinski definition) is 0. The van der Waals surface area contributed by atoms with Crippen molar-refractivity contribution >= 4 is 0 Å². The van der Waals surface area contributed by atoms with Crippen LogP contribution in [0.25, 0.3) is 0 Å². The summed E-state index contributed by atoms with van der Waals surface area (Å²) < 4.78 is 0. The second-order valence-corrected chi connectivity index (χ2v) is 2.15. The monoisotopic (exact) mass is 103 g/mol. The lowest BCUT2D eigenvalue weighted by Gasteiger charge is -1.82. The zero-order valence-corrected chi connectivity index (χ0v) is 4.59. The fourth-order valence-corrected chi connectivity index (χ4v) is 1.08. The molecule has 1 aromatic rings. The third-order valence-corrected chi connectivity index (χ3v) is 1.52. The normalized spacial score (nSPS) is 14.5. The maximum Gasteiger partial charge on any atom is -0.00493 e. The molecule has 0 saturated heterocycles. The summed E-state index contributed by atoms with van der Waals surface area (Å²) in [6.07, 6.45) is 3.39. The van der Waals surface area contributed by atoms with Crippen molar-refractivity contribution in [3.63, 3.8) is 0 Å². The van der Waals surface area contributed by atoms with E-state index in [0.717, 1.165) is 6.42 Å². The van der Waals surface area contributed by atoms with Crippen molar-refractivity contribution in [2.75, 3.05) is 0 Å². The summed E-state index contributed by atoms with van der Waals surface area (Å²) in [6.45, 7) is 0. The summed E-state index contributed by atoms with van der Waals surface area (Å²) in [5.41, 5.74) is 2.82. The summed E-state index contributed by atoms with van der Waals surface area (Å²) >= 11 is 0. The molecular formula is C8H7. The molecule has 39 valence electrons. The van der Waals surface area contributed by atoms with Crippen molar-refractivity contribution in [3.05, 3.63) is 41.8 Å². The van der Waals surface area contributed by atoms with E-state index in [0.29, 0.717) is 0 Å². The Kier molecular flexibility index (Phi) is 0.696. The van der Waals surface area contributed by atoms with Crippen LogP contribution in [0.5, 0.6) is 0 Å². The van der Waals surface area contributed by atoms with Crippen molar-refractivity contribution in [1.29, 1.82) is 0 Å². The van der Waals surface area contributed by atoms with Gasteiger partial charge in [-0.3, -0.25) is 0 Å². The minimum absolute atomic E-state index is 1.14. The second-order valence-electron chi connectivity index (χ2n) is 2.15. The van der Waals surface area contributed by atoms with Crippen LogP contribution in [0.4, 0.5) is 0 Å². The Hall–Kier alpha value is -0.780. The van der Waals surface area contributed by atoms with Gasteiger partial charge in [-0.25, -0.2) is 0 Å². The van der Waals surface area contributed by atoms with Gasteiger partial charge in [-0.1, -0.05) is 24.3 Å².